The highest BCUT2D eigenvalue weighted by Gasteiger charge is 2.38. The topological polar surface area (TPSA) is 97.5 Å². The second kappa shape index (κ2) is 12.8. The lowest BCUT2D eigenvalue weighted by atomic mass is 9.72. The maximum Gasteiger partial charge on any atom is 0.0340 e. The summed E-state index contributed by atoms with van der Waals surface area (Å²) in [5.41, 5.74) is 24.3. The molecule has 0 heterocycles. The third kappa shape index (κ3) is 6.09. The van der Waals surface area contributed by atoms with E-state index in [0.717, 1.165) is 51.4 Å². The predicted molar refractivity (Wildman–Crippen MR) is 146 cm³/mol. The maximum atomic E-state index is 8.64. The molecule has 3 aromatic rings. The first-order valence-corrected chi connectivity index (χ1v) is 13.0. The lowest BCUT2D eigenvalue weighted by molar-refractivity contribution is 0.337. The van der Waals surface area contributed by atoms with Crippen LogP contribution in [-0.4, -0.2) is 13.1 Å². The fourth-order valence-electron chi connectivity index (χ4n) is 5.89. The van der Waals surface area contributed by atoms with Crippen molar-refractivity contribution in [1.29, 1.82) is 0 Å². The van der Waals surface area contributed by atoms with E-state index in [0.29, 0.717) is 13.1 Å². The number of azide groups is 2. The minimum absolute atomic E-state index is 0.121. The molecule has 0 amide bonds. The van der Waals surface area contributed by atoms with Gasteiger partial charge in [-0.15, -0.1) is 0 Å². The van der Waals surface area contributed by atoms with Gasteiger partial charge in [-0.2, -0.15) is 0 Å². The molecule has 0 aliphatic heterocycles. The average Bonchev–Trinajstić information content (AvgIpc) is 3.28. The Morgan fingerprint density at radius 3 is 1.78 bits per heavy atom. The molecule has 0 unspecified atom stereocenters. The smallest absolute Gasteiger partial charge is 0.0340 e. The van der Waals surface area contributed by atoms with Gasteiger partial charge in [-0.05, 0) is 82.8 Å². The molecule has 6 heteroatoms. The minimum atomic E-state index is 0.121. The first-order valence-electron chi connectivity index (χ1n) is 13.0. The van der Waals surface area contributed by atoms with Gasteiger partial charge in [0.15, 0.2) is 0 Å². The largest absolute Gasteiger partial charge is 0.0940 e. The van der Waals surface area contributed by atoms with Crippen LogP contribution in [0.2, 0.25) is 0 Å². The van der Waals surface area contributed by atoms with Crippen molar-refractivity contribution in [2.24, 2.45) is 10.2 Å². The third-order valence-electron chi connectivity index (χ3n) is 7.63. The summed E-state index contributed by atoms with van der Waals surface area (Å²) in [6.45, 7) is 1.11. The second-order valence-electron chi connectivity index (χ2n) is 9.77. The summed E-state index contributed by atoms with van der Waals surface area (Å²) in [5, 5.41) is 7.47. The molecule has 0 bridgehead atoms. The Morgan fingerprint density at radius 1 is 0.694 bits per heavy atom. The number of benzene rings is 3. The highest BCUT2D eigenvalue weighted by Crippen LogP contribution is 2.48. The first kappa shape index (κ1) is 25.4. The Kier molecular flexibility index (Phi) is 9.04. The SMILES string of the molecule is [N-]=[N+]=NCCCCC1(CCCCN=[N+]=[N-])CCc2ccc(C(c3ccccc3)c3ccccc3)cc21. The fourth-order valence-corrected chi connectivity index (χ4v) is 5.89. The summed E-state index contributed by atoms with van der Waals surface area (Å²) in [7, 11) is 0. The molecule has 184 valence electrons. The van der Waals surface area contributed by atoms with E-state index in [-0.39, 0.29) is 11.3 Å². The average molecular weight is 479 g/mol. The molecular formula is C30H34N6. The van der Waals surface area contributed by atoms with Gasteiger partial charge in [0.25, 0.3) is 0 Å². The van der Waals surface area contributed by atoms with Gasteiger partial charge in [-0.1, -0.05) is 102 Å². The molecule has 6 nitrogen and oxygen atoms in total. The molecule has 0 aromatic heterocycles. The summed E-state index contributed by atoms with van der Waals surface area (Å²) in [5.74, 6) is 0.186. The number of rotatable bonds is 13. The molecule has 0 spiro atoms. The summed E-state index contributed by atoms with van der Waals surface area (Å²) < 4.78 is 0. The molecule has 0 radical (unpaired) electrons. The van der Waals surface area contributed by atoms with Crippen molar-refractivity contribution in [3.8, 4) is 0 Å². The number of fused-ring (bicyclic) bond motifs is 1. The van der Waals surface area contributed by atoms with Crippen molar-refractivity contribution in [2.75, 3.05) is 13.1 Å². The predicted octanol–water partition coefficient (Wildman–Crippen LogP) is 9.01. The minimum Gasteiger partial charge on any atom is -0.0940 e. The van der Waals surface area contributed by atoms with Crippen LogP contribution in [0.15, 0.2) is 89.1 Å². The Morgan fingerprint density at radius 2 is 1.25 bits per heavy atom. The lowest BCUT2D eigenvalue weighted by Crippen LogP contribution is -2.24. The number of hydrogen-bond donors (Lipinski definition) is 0. The van der Waals surface area contributed by atoms with Gasteiger partial charge in [0.1, 0.15) is 0 Å². The van der Waals surface area contributed by atoms with Crippen LogP contribution in [0.1, 0.15) is 78.7 Å². The zero-order valence-corrected chi connectivity index (χ0v) is 20.8. The standard InChI is InChI=1S/C30H34N6/c31-35-33-21-9-7-18-30(19-8-10-22-34-36-32)20-17-24-15-16-27(23-28(24)30)29(25-11-3-1-4-12-25)26-13-5-2-6-14-26/h1-6,11-16,23,29H,7-10,17-22H2. The van der Waals surface area contributed by atoms with Crippen LogP contribution in [0.5, 0.6) is 0 Å². The highest BCUT2D eigenvalue weighted by atomic mass is 15.1. The van der Waals surface area contributed by atoms with Crippen molar-refractivity contribution >= 4 is 0 Å². The normalized spacial score (nSPS) is 16.2. The van der Waals surface area contributed by atoms with Gasteiger partial charge < -0.3 is 0 Å². The zero-order valence-electron chi connectivity index (χ0n) is 20.8. The van der Waals surface area contributed by atoms with Gasteiger partial charge in [0.05, 0.1) is 0 Å². The Labute approximate surface area is 213 Å². The van der Waals surface area contributed by atoms with E-state index < -0.39 is 0 Å². The van der Waals surface area contributed by atoms with Crippen LogP contribution in [0.25, 0.3) is 20.9 Å². The summed E-state index contributed by atoms with van der Waals surface area (Å²) in [6.07, 6.45) is 8.34. The molecule has 0 saturated heterocycles. The molecule has 0 N–H and O–H groups in total. The number of aryl methyl sites for hydroxylation is 1. The Hall–Kier alpha value is -3.72. The highest BCUT2D eigenvalue weighted by molar-refractivity contribution is 5.49. The van der Waals surface area contributed by atoms with Gasteiger partial charge in [0.2, 0.25) is 0 Å². The quantitative estimate of drug-likeness (QED) is 0.0770. The summed E-state index contributed by atoms with van der Waals surface area (Å²) in [6, 6.07) is 28.7. The second-order valence-corrected chi connectivity index (χ2v) is 9.77. The third-order valence-corrected chi connectivity index (χ3v) is 7.63. The van der Waals surface area contributed by atoms with E-state index in [1.54, 1.807) is 0 Å². The molecule has 1 aliphatic carbocycles. The molecule has 3 aromatic carbocycles. The summed E-state index contributed by atoms with van der Waals surface area (Å²) >= 11 is 0. The monoisotopic (exact) mass is 478 g/mol. The van der Waals surface area contributed by atoms with Crippen LogP contribution in [-0.2, 0) is 11.8 Å². The van der Waals surface area contributed by atoms with Crippen LogP contribution < -0.4 is 0 Å². The van der Waals surface area contributed by atoms with Gasteiger partial charge >= 0.3 is 0 Å². The van der Waals surface area contributed by atoms with Crippen molar-refractivity contribution in [3.63, 3.8) is 0 Å². The van der Waals surface area contributed by atoms with Crippen LogP contribution in [0, 0.1) is 0 Å². The molecule has 0 fully saturated rings. The molecule has 0 atom stereocenters. The maximum absolute atomic E-state index is 8.64. The molecule has 0 saturated carbocycles. The summed E-state index contributed by atoms with van der Waals surface area (Å²) in [4.78, 5) is 5.82. The van der Waals surface area contributed by atoms with Crippen LogP contribution in [0.4, 0.5) is 0 Å². The lowest BCUT2D eigenvalue weighted by Gasteiger charge is -2.32. The van der Waals surface area contributed by atoms with E-state index in [1.165, 1.54) is 27.8 Å². The van der Waals surface area contributed by atoms with Crippen molar-refractivity contribution in [2.45, 2.75) is 62.7 Å². The van der Waals surface area contributed by atoms with Gasteiger partial charge in [0, 0.05) is 28.8 Å². The van der Waals surface area contributed by atoms with E-state index in [2.05, 4.69) is 98.9 Å². The zero-order chi connectivity index (χ0) is 25.1. The van der Waals surface area contributed by atoms with Crippen LogP contribution in [0.3, 0.4) is 0 Å². The Bertz CT molecular complexity index is 1150. The van der Waals surface area contributed by atoms with E-state index in [9.17, 15) is 0 Å². The van der Waals surface area contributed by atoms with E-state index >= 15 is 0 Å². The molecule has 36 heavy (non-hydrogen) atoms. The fraction of sp³-hybridized carbons (Fsp3) is 0.400. The van der Waals surface area contributed by atoms with E-state index in [4.69, 9.17) is 11.1 Å². The molecular weight excluding hydrogens is 444 g/mol. The van der Waals surface area contributed by atoms with Crippen molar-refractivity contribution in [1.82, 2.24) is 0 Å². The van der Waals surface area contributed by atoms with Gasteiger partial charge in [-0.3, -0.25) is 0 Å². The molecule has 4 rings (SSSR count). The van der Waals surface area contributed by atoms with E-state index in [1.807, 2.05) is 0 Å². The van der Waals surface area contributed by atoms with Crippen molar-refractivity contribution in [3.05, 3.63) is 128 Å². The van der Waals surface area contributed by atoms with Crippen LogP contribution >= 0.6 is 0 Å². The first-order chi connectivity index (χ1) is 17.8. The number of hydrogen-bond acceptors (Lipinski definition) is 2. The number of nitrogens with zero attached hydrogens (tertiary/aromatic N) is 6. The Balaban J connectivity index is 1.68. The van der Waals surface area contributed by atoms with Gasteiger partial charge in [-0.25, -0.2) is 0 Å². The number of unbranched alkanes of at least 4 members (excludes halogenated alkanes) is 2. The van der Waals surface area contributed by atoms with Crippen molar-refractivity contribution < 1.29 is 0 Å². The molecule has 1 aliphatic rings.